The van der Waals surface area contributed by atoms with Gasteiger partial charge in [0.1, 0.15) is 12.4 Å². The number of ether oxygens (including phenoxy) is 1. The van der Waals surface area contributed by atoms with Gasteiger partial charge < -0.3 is 4.74 Å². The third-order valence-electron chi connectivity index (χ3n) is 4.47. The van der Waals surface area contributed by atoms with Crippen molar-refractivity contribution >= 4 is 21.9 Å². The van der Waals surface area contributed by atoms with Crippen molar-refractivity contribution in [3.8, 4) is 5.75 Å². The second-order valence-electron chi connectivity index (χ2n) is 6.85. The van der Waals surface area contributed by atoms with Crippen molar-refractivity contribution in [1.29, 1.82) is 0 Å². The zero-order valence-electron chi connectivity index (χ0n) is 16.9. The van der Waals surface area contributed by atoms with Crippen LogP contribution in [0.5, 0.6) is 5.75 Å². The third-order valence-corrected chi connectivity index (χ3v) is 6.30. The highest BCUT2D eigenvalue weighted by atomic mass is 32.2. The summed E-state index contributed by atoms with van der Waals surface area (Å²) in [6, 6.07) is 23.3. The van der Waals surface area contributed by atoms with Gasteiger partial charge in [0.05, 0.1) is 4.90 Å². The molecular weight excluding hydrogens is 398 g/mol. The van der Waals surface area contributed by atoms with Gasteiger partial charge in [-0.3, -0.25) is 4.79 Å². The van der Waals surface area contributed by atoms with Crippen LogP contribution in [0.25, 0.3) is 6.08 Å². The lowest BCUT2D eigenvalue weighted by Gasteiger charge is -2.11. The molecule has 0 fully saturated rings. The minimum atomic E-state index is -3.51. The molecule has 0 N–H and O–H groups in total. The maximum atomic E-state index is 12.4. The molecule has 0 heterocycles. The minimum Gasteiger partial charge on any atom is -0.489 e. The Morgan fingerprint density at radius 1 is 0.900 bits per heavy atom. The molecule has 154 valence electrons. The molecule has 30 heavy (non-hydrogen) atoms. The van der Waals surface area contributed by atoms with Crippen molar-refractivity contribution in [2.45, 2.75) is 11.5 Å². The van der Waals surface area contributed by atoms with Crippen LogP contribution in [0.2, 0.25) is 0 Å². The van der Waals surface area contributed by atoms with Crippen LogP contribution in [0.4, 0.5) is 0 Å². The molecule has 6 heteroatoms. The second kappa shape index (κ2) is 9.52. The van der Waals surface area contributed by atoms with E-state index in [0.29, 0.717) is 12.2 Å². The Morgan fingerprint density at radius 3 is 2.13 bits per heavy atom. The number of sulfonamides is 1. The van der Waals surface area contributed by atoms with Gasteiger partial charge in [-0.05, 0) is 53.6 Å². The van der Waals surface area contributed by atoms with E-state index >= 15 is 0 Å². The SMILES string of the molecule is CN(C)S(=O)(=O)c1ccc(C(=O)/C=C/c2ccc(OCc3ccccc3)cc2)cc1. The first kappa shape index (κ1) is 21.5. The summed E-state index contributed by atoms with van der Waals surface area (Å²) < 4.78 is 31.1. The van der Waals surface area contributed by atoms with Gasteiger partial charge in [0.2, 0.25) is 10.0 Å². The van der Waals surface area contributed by atoms with Crippen molar-refractivity contribution in [2.75, 3.05) is 14.1 Å². The number of carbonyl (C=O) groups is 1. The molecule has 5 nitrogen and oxygen atoms in total. The Bertz CT molecular complexity index is 1120. The fraction of sp³-hybridized carbons (Fsp3) is 0.125. The molecule has 0 aliphatic heterocycles. The number of hydrogen-bond donors (Lipinski definition) is 0. The molecular formula is C24H23NO4S. The molecule has 0 unspecified atom stereocenters. The molecule has 0 spiro atoms. The lowest BCUT2D eigenvalue weighted by atomic mass is 10.1. The number of hydrogen-bond acceptors (Lipinski definition) is 4. The lowest BCUT2D eigenvalue weighted by molar-refractivity contribution is 0.104. The molecule has 0 bridgehead atoms. The normalized spacial score (nSPS) is 11.7. The van der Waals surface area contributed by atoms with Crippen LogP contribution in [0, 0.1) is 0 Å². The Morgan fingerprint density at radius 2 is 1.53 bits per heavy atom. The third kappa shape index (κ3) is 5.43. The highest BCUT2D eigenvalue weighted by molar-refractivity contribution is 7.89. The maximum Gasteiger partial charge on any atom is 0.242 e. The first-order valence-electron chi connectivity index (χ1n) is 9.38. The van der Waals surface area contributed by atoms with Crippen molar-refractivity contribution in [2.24, 2.45) is 0 Å². The lowest BCUT2D eigenvalue weighted by Crippen LogP contribution is -2.22. The fourth-order valence-electron chi connectivity index (χ4n) is 2.69. The number of allylic oxidation sites excluding steroid dienone is 1. The first-order valence-corrected chi connectivity index (χ1v) is 10.8. The summed E-state index contributed by atoms with van der Waals surface area (Å²) in [5, 5.41) is 0. The monoisotopic (exact) mass is 421 g/mol. The van der Waals surface area contributed by atoms with Crippen LogP contribution in [0.1, 0.15) is 21.5 Å². The van der Waals surface area contributed by atoms with E-state index in [1.54, 1.807) is 6.08 Å². The number of rotatable bonds is 8. The molecule has 0 amide bonds. The highest BCUT2D eigenvalue weighted by Crippen LogP contribution is 2.17. The summed E-state index contributed by atoms with van der Waals surface area (Å²) in [5.74, 6) is 0.549. The summed E-state index contributed by atoms with van der Waals surface area (Å²) in [7, 11) is -0.574. The van der Waals surface area contributed by atoms with Gasteiger partial charge in [-0.2, -0.15) is 0 Å². The summed E-state index contributed by atoms with van der Waals surface area (Å²) >= 11 is 0. The van der Waals surface area contributed by atoms with E-state index in [9.17, 15) is 13.2 Å². The zero-order valence-corrected chi connectivity index (χ0v) is 17.7. The summed E-state index contributed by atoms with van der Waals surface area (Å²) in [5.41, 5.74) is 2.38. The quantitative estimate of drug-likeness (QED) is 0.399. The number of benzene rings is 3. The van der Waals surface area contributed by atoms with Gasteiger partial charge in [0, 0.05) is 19.7 Å². The first-order chi connectivity index (χ1) is 14.4. The van der Waals surface area contributed by atoms with Gasteiger partial charge in [-0.25, -0.2) is 12.7 Å². The predicted molar refractivity (Wildman–Crippen MR) is 118 cm³/mol. The van der Waals surface area contributed by atoms with Gasteiger partial charge in [-0.1, -0.05) is 48.5 Å². The second-order valence-corrected chi connectivity index (χ2v) is 9.00. The molecule has 0 atom stereocenters. The van der Waals surface area contributed by atoms with Gasteiger partial charge in [0.15, 0.2) is 5.78 Å². The molecule has 3 aromatic carbocycles. The molecule has 0 saturated carbocycles. The van der Waals surface area contributed by atoms with Gasteiger partial charge in [-0.15, -0.1) is 0 Å². The average molecular weight is 422 g/mol. The van der Waals surface area contributed by atoms with Crippen LogP contribution in [-0.2, 0) is 16.6 Å². The molecule has 0 radical (unpaired) electrons. The van der Waals surface area contributed by atoms with Crippen molar-refractivity contribution < 1.29 is 17.9 Å². The Labute approximate surface area is 177 Å². The fourth-order valence-corrected chi connectivity index (χ4v) is 3.59. The molecule has 0 aliphatic carbocycles. The average Bonchev–Trinajstić information content (AvgIpc) is 2.77. The van der Waals surface area contributed by atoms with E-state index in [-0.39, 0.29) is 10.7 Å². The standard InChI is InChI=1S/C24H23NO4S/c1-25(2)30(27,28)23-15-11-21(12-16-23)24(26)17-10-19-8-13-22(14-9-19)29-18-20-6-4-3-5-7-20/h3-17H,18H2,1-2H3/b17-10+. The van der Waals surface area contributed by atoms with Crippen molar-refractivity contribution in [3.63, 3.8) is 0 Å². The predicted octanol–water partition coefficient (Wildman–Crippen LogP) is 4.41. The van der Waals surface area contributed by atoms with E-state index in [4.69, 9.17) is 4.74 Å². The van der Waals surface area contributed by atoms with E-state index in [1.165, 1.54) is 44.4 Å². The highest BCUT2D eigenvalue weighted by Gasteiger charge is 2.17. The summed E-state index contributed by atoms with van der Waals surface area (Å²) in [4.78, 5) is 12.5. The smallest absolute Gasteiger partial charge is 0.242 e. The number of nitrogens with zero attached hydrogens (tertiary/aromatic N) is 1. The van der Waals surface area contributed by atoms with Crippen molar-refractivity contribution in [1.82, 2.24) is 4.31 Å². The molecule has 0 aliphatic rings. The van der Waals surface area contributed by atoms with Crippen LogP contribution in [-0.4, -0.2) is 32.6 Å². The van der Waals surface area contributed by atoms with Gasteiger partial charge in [0.25, 0.3) is 0 Å². The zero-order chi connectivity index (χ0) is 21.6. The molecule has 3 rings (SSSR count). The number of ketones is 1. The largest absolute Gasteiger partial charge is 0.489 e. The van der Waals surface area contributed by atoms with E-state index in [0.717, 1.165) is 21.2 Å². The molecule has 0 aromatic heterocycles. The minimum absolute atomic E-state index is 0.152. The van der Waals surface area contributed by atoms with E-state index < -0.39 is 10.0 Å². The summed E-state index contributed by atoms with van der Waals surface area (Å²) in [6.45, 7) is 0.494. The van der Waals surface area contributed by atoms with Crippen LogP contribution in [0.3, 0.4) is 0 Å². The molecule has 3 aromatic rings. The van der Waals surface area contributed by atoms with Crippen LogP contribution >= 0.6 is 0 Å². The molecule has 0 saturated heterocycles. The number of carbonyl (C=O) groups excluding carboxylic acids is 1. The van der Waals surface area contributed by atoms with E-state index in [2.05, 4.69) is 0 Å². The Hall–Kier alpha value is -3.22. The van der Waals surface area contributed by atoms with Crippen LogP contribution < -0.4 is 4.74 Å². The Kier molecular flexibility index (Phi) is 6.82. The summed E-state index contributed by atoms with van der Waals surface area (Å²) in [6.07, 6.45) is 3.18. The Balaban J connectivity index is 1.60. The van der Waals surface area contributed by atoms with E-state index in [1.807, 2.05) is 54.6 Å². The maximum absolute atomic E-state index is 12.4. The van der Waals surface area contributed by atoms with Gasteiger partial charge >= 0.3 is 0 Å². The van der Waals surface area contributed by atoms with Crippen molar-refractivity contribution in [3.05, 3.63) is 102 Å². The van der Waals surface area contributed by atoms with Crippen LogP contribution in [0.15, 0.2) is 89.8 Å². The topological polar surface area (TPSA) is 63.7 Å².